The first-order valence-corrected chi connectivity index (χ1v) is 12.3. The number of aryl methyl sites for hydroxylation is 2. The number of urea groups is 1. The molecule has 3 aromatic rings. The third-order valence-electron chi connectivity index (χ3n) is 6.71. The Bertz CT molecular complexity index is 1290. The molecule has 2 aliphatic heterocycles. The number of hydrogen-bond donors (Lipinski definition) is 2. The maximum Gasteiger partial charge on any atom is 0.324 e. The average molecular weight is 492 g/mol. The highest BCUT2D eigenvalue weighted by atomic mass is 35.5. The Morgan fingerprint density at radius 3 is 2.31 bits per heavy atom. The summed E-state index contributed by atoms with van der Waals surface area (Å²) in [6.45, 7) is 8.94. The lowest BCUT2D eigenvalue weighted by molar-refractivity contribution is 0.229. The first-order chi connectivity index (χ1) is 16.8. The highest BCUT2D eigenvalue weighted by molar-refractivity contribution is 6.34. The van der Waals surface area contributed by atoms with E-state index in [1.165, 1.54) is 0 Å². The highest BCUT2D eigenvalue weighted by Gasteiger charge is 2.28. The van der Waals surface area contributed by atoms with Crippen molar-refractivity contribution in [3.8, 4) is 28.0 Å². The molecule has 5 rings (SSSR count). The molecule has 2 aliphatic rings. The van der Waals surface area contributed by atoms with Gasteiger partial charge in [-0.15, -0.1) is 0 Å². The highest BCUT2D eigenvalue weighted by Crippen LogP contribution is 2.42. The normalized spacial score (nSPS) is 16.3. The van der Waals surface area contributed by atoms with Crippen LogP contribution in [0.3, 0.4) is 0 Å². The molecule has 0 radical (unpaired) electrons. The van der Waals surface area contributed by atoms with Gasteiger partial charge in [-0.2, -0.15) is 0 Å². The third-order valence-corrected chi connectivity index (χ3v) is 7.01. The van der Waals surface area contributed by atoms with Crippen molar-refractivity contribution < 1.29 is 9.90 Å². The van der Waals surface area contributed by atoms with Crippen molar-refractivity contribution in [1.29, 1.82) is 0 Å². The molecule has 1 aromatic heterocycles. The molecule has 3 heterocycles. The van der Waals surface area contributed by atoms with Crippen LogP contribution in [0.4, 0.5) is 16.3 Å². The minimum Gasteiger partial charge on any atom is -0.507 e. The predicted octanol–water partition coefficient (Wildman–Crippen LogP) is 4.67. The number of nitrogens with one attached hydrogen (secondary N) is 1. The van der Waals surface area contributed by atoms with Crippen LogP contribution in [0.25, 0.3) is 22.3 Å². The Labute approximate surface area is 210 Å². The van der Waals surface area contributed by atoms with E-state index in [9.17, 15) is 9.90 Å². The van der Waals surface area contributed by atoms with Crippen molar-refractivity contribution in [3.05, 3.63) is 58.7 Å². The molecular formula is C27H30ClN5O2. The maximum atomic E-state index is 12.4. The number of hydrogen-bond acceptors (Lipinski definition) is 5. The summed E-state index contributed by atoms with van der Waals surface area (Å²) < 4.78 is 0. The summed E-state index contributed by atoms with van der Waals surface area (Å²) in [5.41, 5.74) is 5.82. The fourth-order valence-corrected chi connectivity index (χ4v) is 5.13. The van der Waals surface area contributed by atoms with Crippen LogP contribution in [0.15, 0.2) is 42.5 Å². The van der Waals surface area contributed by atoms with E-state index in [4.69, 9.17) is 16.6 Å². The lowest BCUT2D eigenvalue weighted by Crippen LogP contribution is -2.43. The van der Waals surface area contributed by atoms with E-state index in [1.54, 1.807) is 16.8 Å². The van der Waals surface area contributed by atoms with Gasteiger partial charge in [-0.1, -0.05) is 17.7 Å². The Hall–Kier alpha value is -3.29. The van der Waals surface area contributed by atoms with Crippen LogP contribution < -0.4 is 15.1 Å². The quantitative estimate of drug-likeness (QED) is 0.554. The summed E-state index contributed by atoms with van der Waals surface area (Å²) in [7, 11) is 1.78. The standard InChI is InChI=1S/C27H30ClN5O2/c1-17-12-21(19-4-5-24(23(28)15-19)33-11-10-31(3)27(33)35)26(34)22(13-17)20-14-18(2)30-25(16-20)32-8-6-29-7-9-32/h4-5,12-16,29,34H,6-11H2,1-3H3. The van der Waals surface area contributed by atoms with Crippen LogP contribution in [0.5, 0.6) is 5.75 Å². The number of halogens is 1. The van der Waals surface area contributed by atoms with Crippen LogP contribution in [-0.2, 0) is 0 Å². The van der Waals surface area contributed by atoms with Gasteiger partial charge in [0.15, 0.2) is 0 Å². The van der Waals surface area contributed by atoms with Gasteiger partial charge < -0.3 is 20.2 Å². The molecule has 2 saturated heterocycles. The third kappa shape index (κ3) is 4.54. The van der Waals surface area contributed by atoms with Crippen molar-refractivity contribution in [1.82, 2.24) is 15.2 Å². The number of aromatic hydroxyl groups is 1. The molecule has 7 nitrogen and oxygen atoms in total. The Kier molecular flexibility index (Phi) is 6.30. The van der Waals surface area contributed by atoms with E-state index in [2.05, 4.69) is 16.3 Å². The monoisotopic (exact) mass is 491 g/mol. The number of nitrogens with zero attached hydrogens (tertiary/aromatic N) is 4. The van der Waals surface area contributed by atoms with Crippen molar-refractivity contribution in [2.45, 2.75) is 13.8 Å². The molecule has 2 fully saturated rings. The van der Waals surface area contributed by atoms with Gasteiger partial charge in [-0.3, -0.25) is 4.90 Å². The fraction of sp³-hybridized carbons (Fsp3) is 0.333. The van der Waals surface area contributed by atoms with Gasteiger partial charge in [0.1, 0.15) is 11.6 Å². The molecule has 0 spiro atoms. The Morgan fingerprint density at radius 2 is 1.66 bits per heavy atom. The first kappa shape index (κ1) is 23.5. The average Bonchev–Trinajstić information content (AvgIpc) is 3.18. The molecule has 2 N–H and O–H groups in total. The zero-order valence-corrected chi connectivity index (χ0v) is 21.1. The van der Waals surface area contributed by atoms with E-state index in [0.29, 0.717) is 29.4 Å². The fourth-order valence-electron chi connectivity index (χ4n) is 4.85. The van der Waals surface area contributed by atoms with E-state index in [0.717, 1.165) is 59.9 Å². The Morgan fingerprint density at radius 1 is 0.943 bits per heavy atom. The van der Waals surface area contributed by atoms with Gasteiger partial charge in [0, 0.05) is 63.1 Å². The Balaban J connectivity index is 1.53. The zero-order valence-electron chi connectivity index (χ0n) is 20.3. The molecule has 0 aliphatic carbocycles. The summed E-state index contributed by atoms with van der Waals surface area (Å²) in [6.07, 6.45) is 0. The second kappa shape index (κ2) is 9.40. The molecule has 0 unspecified atom stereocenters. The number of amides is 2. The number of phenolic OH excluding ortho intramolecular Hbond substituents is 1. The number of carbonyl (C=O) groups is 1. The largest absolute Gasteiger partial charge is 0.507 e. The number of benzene rings is 2. The van der Waals surface area contributed by atoms with Gasteiger partial charge in [-0.25, -0.2) is 9.78 Å². The second-order valence-corrected chi connectivity index (χ2v) is 9.73. The van der Waals surface area contributed by atoms with E-state index in [1.807, 2.05) is 50.2 Å². The number of rotatable bonds is 4. The summed E-state index contributed by atoms with van der Waals surface area (Å²) in [5.74, 6) is 1.13. The van der Waals surface area contributed by atoms with Gasteiger partial charge in [0.2, 0.25) is 0 Å². The smallest absolute Gasteiger partial charge is 0.324 e. The minimum absolute atomic E-state index is 0.0614. The number of anilines is 2. The van der Waals surface area contributed by atoms with Crippen molar-refractivity contribution in [2.24, 2.45) is 0 Å². The van der Waals surface area contributed by atoms with Crippen molar-refractivity contribution in [3.63, 3.8) is 0 Å². The van der Waals surface area contributed by atoms with Crippen molar-refractivity contribution in [2.75, 3.05) is 56.1 Å². The van der Waals surface area contributed by atoms with Crippen LogP contribution in [0.1, 0.15) is 11.3 Å². The van der Waals surface area contributed by atoms with Gasteiger partial charge in [0.05, 0.1) is 10.7 Å². The maximum absolute atomic E-state index is 12.4. The minimum atomic E-state index is -0.0614. The molecule has 8 heteroatoms. The van der Waals surface area contributed by atoms with Gasteiger partial charge in [-0.05, 0) is 66.9 Å². The number of pyridine rings is 1. The SMILES string of the molecule is Cc1cc(-c2cc(C)nc(N3CCNCC3)c2)c(O)c(-c2ccc(N3CCN(C)C3=O)c(Cl)c2)c1. The summed E-state index contributed by atoms with van der Waals surface area (Å²) in [5, 5.41) is 15.3. The number of piperazine rings is 1. The summed E-state index contributed by atoms with van der Waals surface area (Å²) >= 11 is 6.64. The lowest BCUT2D eigenvalue weighted by Gasteiger charge is -2.29. The van der Waals surface area contributed by atoms with Crippen LogP contribution in [-0.4, -0.2) is 67.3 Å². The number of carbonyl (C=O) groups excluding carboxylic acids is 1. The van der Waals surface area contributed by atoms with E-state index < -0.39 is 0 Å². The second-order valence-electron chi connectivity index (χ2n) is 9.32. The number of phenols is 1. The van der Waals surface area contributed by atoms with Crippen molar-refractivity contribution >= 4 is 29.1 Å². The summed E-state index contributed by atoms with van der Waals surface area (Å²) in [4.78, 5) is 22.8. The van der Waals surface area contributed by atoms with Gasteiger partial charge in [0.25, 0.3) is 0 Å². The van der Waals surface area contributed by atoms with Crippen LogP contribution in [0.2, 0.25) is 5.02 Å². The molecule has 0 atom stereocenters. The molecule has 2 amide bonds. The molecule has 35 heavy (non-hydrogen) atoms. The number of aromatic nitrogens is 1. The van der Waals surface area contributed by atoms with E-state index in [-0.39, 0.29) is 11.8 Å². The van der Waals surface area contributed by atoms with Crippen LogP contribution in [0, 0.1) is 13.8 Å². The summed E-state index contributed by atoms with van der Waals surface area (Å²) in [6, 6.07) is 13.6. The van der Waals surface area contributed by atoms with Crippen LogP contribution >= 0.6 is 11.6 Å². The molecule has 182 valence electrons. The van der Waals surface area contributed by atoms with Gasteiger partial charge >= 0.3 is 6.03 Å². The molecule has 0 bridgehead atoms. The lowest BCUT2D eigenvalue weighted by atomic mass is 9.94. The van der Waals surface area contributed by atoms with E-state index >= 15 is 0 Å². The molecular weight excluding hydrogens is 462 g/mol. The molecule has 2 aromatic carbocycles. The predicted molar refractivity (Wildman–Crippen MR) is 142 cm³/mol. The zero-order chi connectivity index (χ0) is 24.7. The topological polar surface area (TPSA) is 71.9 Å². The molecule has 0 saturated carbocycles. The number of likely N-dealkylation sites (N-methyl/N-ethyl adjacent to an activating group) is 1. The first-order valence-electron chi connectivity index (χ1n) is 11.9.